The van der Waals surface area contributed by atoms with E-state index in [1.807, 2.05) is 13.0 Å². The molecule has 1 fully saturated rings. The minimum atomic E-state index is -0.0330. The molecule has 24 heavy (non-hydrogen) atoms. The summed E-state index contributed by atoms with van der Waals surface area (Å²) >= 11 is 0. The van der Waals surface area contributed by atoms with Crippen molar-refractivity contribution in [1.29, 1.82) is 0 Å². The van der Waals surface area contributed by atoms with Crippen molar-refractivity contribution >= 4 is 16.7 Å². The molecule has 1 heterocycles. The zero-order valence-corrected chi connectivity index (χ0v) is 14.6. The maximum atomic E-state index is 10.6. The van der Waals surface area contributed by atoms with Crippen LogP contribution in [0.15, 0.2) is 67.3 Å². The van der Waals surface area contributed by atoms with Crippen LogP contribution in [0.2, 0.25) is 0 Å². The van der Waals surface area contributed by atoms with Gasteiger partial charge in [-0.05, 0) is 42.2 Å². The van der Waals surface area contributed by atoms with Crippen LogP contribution in [0.5, 0.6) is 0 Å². The van der Waals surface area contributed by atoms with Crippen LogP contribution in [0.25, 0.3) is 10.8 Å². The molecule has 0 spiro atoms. The Kier molecular flexibility index (Phi) is 6.80. The monoisotopic (exact) mass is 322 g/mol. The fourth-order valence-electron chi connectivity index (χ4n) is 2.89. The maximum absolute atomic E-state index is 10.6. The third-order valence-corrected chi connectivity index (χ3v) is 4.15. The van der Waals surface area contributed by atoms with E-state index in [0.717, 1.165) is 12.8 Å². The predicted octanol–water partition coefficient (Wildman–Crippen LogP) is 5.47. The van der Waals surface area contributed by atoms with Crippen molar-refractivity contribution in [1.82, 2.24) is 0 Å². The Hall–Kier alpha value is -2.35. The quantitative estimate of drug-likeness (QED) is 0.514. The van der Waals surface area contributed by atoms with Crippen molar-refractivity contribution in [3.8, 4) is 0 Å². The van der Waals surface area contributed by atoms with Gasteiger partial charge < -0.3 is 4.74 Å². The first-order chi connectivity index (χ1) is 11.7. The molecule has 4 rings (SSSR count). The summed E-state index contributed by atoms with van der Waals surface area (Å²) < 4.78 is 4.96. The van der Waals surface area contributed by atoms with Gasteiger partial charge in [-0.3, -0.25) is 4.79 Å². The highest BCUT2D eigenvalue weighted by Gasteiger charge is 2.34. The molecular formula is C22H26O2. The summed E-state index contributed by atoms with van der Waals surface area (Å²) in [6.07, 6.45) is 8.70. The Morgan fingerprint density at radius 1 is 1.21 bits per heavy atom. The number of esters is 1. The van der Waals surface area contributed by atoms with Crippen LogP contribution in [-0.2, 0) is 16.0 Å². The zero-order chi connectivity index (χ0) is 17.4. The molecule has 0 saturated carbocycles. The van der Waals surface area contributed by atoms with Crippen molar-refractivity contribution < 1.29 is 9.53 Å². The molecule has 2 aromatic rings. The van der Waals surface area contributed by atoms with Gasteiger partial charge in [0.15, 0.2) is 0 Å². The lowest BCUT2D eigenvalue weighted by molar-refractivity contribution is -0.140. The number of allylic oxidation sites excluding steroid dienone is 2. The first-order valence-corrected chi connectivity index (χ1v) is 8.58. The van der Waals surface area contributed by atoms with Crippen LogP contribution >= 0.6 is 0 Å². The number of fused-ring (bicyclic) bond motifs is 2. The van der Waals surface area contributed by atoms with Crippen molar-refractivity contribution in [2.45, 2.75) is 39.2 Å². The Morgan fingerprint density at radius 3 is 2.58 bits per heavy atom. The molecule has 0 aromatic heterocycles. The number of rotatable bonds is 1. The Labute approximate surface area is 144 Å². The van der Waals surface area contributed by atoms with Crippen LogP contribution in [0.1, 0.15) is 32.3 Å². The molecule has 126 valence electrons. The van der Waals surface area contributed by atoms with E-state index < -0.39 is 0 Å². The van der Waals surface area contributed by atoms with Gasteiger partial charge in [0.1, 0.15) is 6.10 Å². The third kappa shape index (κ3) is 4.82. The van der Waals surface area contributed by atoms with Crippen LogP contribution in [0.3, 0.4) is 0 Å². The average molecular weight is 322 g/mol. The zero-order valence-electron chi connectivity index (χ0n) is 14.6. The number of aryl methyl sites for hydroxylation is 1. The topological polar surface area (TPSA) is 26.3 Å². The Bertz CT molecular complexity index is 715. The predicted molar refractivity (Wildman–Crippen MR) is 101 cm³/mol. The number of hydrogen-bond donors (Lipinski definition) is 0. The Balaban J connectivity index is 0.000000154. The Morgan fingerprint density at radius 2 is 1.92 bits per heavy atom. The van der Waals surface area contributed by atoms with Crippen LogP contribution < -0.4 is 0 Å². The van der Waals surface area contributed by atoms with Crippen LogP contribution in [0, 0.1) is 5.92 Å². The van der Waals surface area contributed by atoms with E-state index in [4.69, 9.17) is 4.74 Å². The molecule has 0 amide bonds. The molecule has 1 saturated heterocycles. The first-order valence-electron chi connectivity index (χ1n) is 8.58. The molecule has 0 bridgehead atoms. The minimum absolute atomic E-state index is 0.0330. The van der Waals surface area contributed by atoms with Crippen molar-refractivity contribution in [3.05, 3.63) is 72.8 Å². The van der Waals surface area contributed by atoms with Gasteiger partial charge in [-0.15, -0.1) is 6.58 Å². The fraction of sp³-hybridized carbons (Fsp3) is 0.318. The second-order valence-electron chi connectivity index (χ2n) is 6.03. The number of carbonyl (C=O) groups excluding carboxylic acids is 1. The van der Waals surface area contributed by atoms with E-state index in [0.29, 0.717) is 12.3 Å². The minimum Gasteiger partial charge on any atom is -0.458 e. The summed E-state index contributed by atoms with van der Waals surface area (Å²) in [6.45, 7) is 7.43. The molecule has 1 aliphatic heterocycles. The highest BCUT2D eigenvalue weighted by molar-refractivity contribution is 5.82. The van der Waals surface area contributed by atoms with E-state index in [1.54, 1.807) is 6.08 Å². The lowest BCUT2D eigenvalue weighted by Gasteiger charge is -2.02. The number of benzene rings is 2. The van der Waals surface area contributed by atoms with Gasteiger partial charge >= 0.3 is 5.97 Å². The number of ether oxygens (including phenoxy) is 1. The van der Waals surface area contributed by atoms with Gasteiger partial charge in [-0.2, -0.15) is 0 Å². The van der Waals surface area contributed by atoms with Gasteiger partial charge in [0, 0.05) is 5.92 Å². The van der Waals surface area contributed by atoms with Crippen LogP contribution in [0.4, 0.5) is 0 Å². The summed E-state index contributed by atoms with van der Waals surface area (Å²) in [5.74, 6) is 0.437. The van der Waals surface area contributed by atoms with E-state index in [-0.39, 0.29) is 12.1 Å². The summed E-state index contributed by atoms with van der Waals surface area (Å²) in [4.78, 5) is 10.6. The molecule has 1 aliphatic carbocycles. The third-order valence-electron chi connectivity index (χ3n) is 4.15. The van der Waals surface area contributed by atoms with Crippen molar-refractivity contribution in [3.63, 3.8) is 0 Å². The normalized spacial score (nSPS) is 20.3. The summed E-state index contributed by atoms with van der Waals surface area (Å²) in [6, 6.07) is 15.1. The molecule has 0 radical (unpaired) electrons. The largest absolute Gasteiger partial charge is 0.458 e. The standard InChI is InChI=1S/C12H12.C7H8O2.C3H6/c1-2-10-7-8-11-5-3-4-6-12(11)9-10;8-7-4-5-2-1-3-6(5)9-7;1-3-2/h3-9H,2H2,1H3;1,3,5-6H,2,4H2;3H,1H2,2H3. The lowest BCUT2D eigenvalue weighted by Crippen LogP contribution is -2.06. The SMILES string of the molecule is C=CC.CCc1ccc2ccccc2c1.O=C1CC2CC=CC2O1. The molecular weight excluding hydrogens is 296 g/mol. The highest BCUT2D eigenvalue weighted by Crippen LogP contribution is 2.30. The van der Waals surface area contributed by atoms with E-state index in [9.17, 15) is 4.79 Å². The van der Waals surface area contributed by atoms with Gasteiger partial charge in [0.25, 0.3) is 0 Å². The average Bonchev–Trinajstić information content (AvgIpc) is 3.16. The summed E-state index contributed by atoms with van der Waals surface area (Å²) in [7, 11) is 0. The first kappa shape index (κ1) is 18.0. The van der Waals surface area contributed by atoms with Crippen LogP contribution in [-0.4, -0.2) is 12.1 Å². The summed E-state index contributed by atoms with van der Waals surface area (Å²) in [5, 5.41) is 2.67. The fourth-order valence-corrected chi connectivity index (χ4v) is 2.89. The smallest absolute Gasteiger partial charge is 0.306 e. The maximum Gasteiger partial charge on any atom is 0.306 e. The van der Waals surface area contributed by atoms with E-state index >= 15 is 0 Å². The van der Waals surface area contributed by atoms with E-state index in [2.05, 4.69) is 62.0 Å². The lowest BCUT2D eigenvalue weighted by atomic mass is 10.0. The number of hydrogen-bond acceptors (Lipinski definition) is 2. The molecule has 2 atom stereocenters. The van der Waals surface area contributed by atoms with Crippen molar-refractivity contribution in [2.24, 2.45) is 5.92 Å². The van der Waals surface area contributed by atoms with Gasteiger partial charge in [-0.1, -0.05) is 61.5 Å². The summed E-state index contributed by atoms with van der Waals surface area (Å²) in [5.41, 5.74) is 1.41. The van der Waals surface area contributed by atoms with Crippen molar-refractivity contribution in [2.75, 3.05) is 0 Å². The number of carbonyl (C=O) groups is 1. The second-order valence-corrected chi connectivity index (χ2v) is 6.03. The van der Waals surface area contributed by atoms with Gasteiger partial charge in [-0.25, -0.2) is 0 Å². The molecule has 2 aromatic carbocycles. The molecule has 2 nitrogen and oxygen atoms in total. The second kappa shape index (κ2) is 9.07. The van der Waals surface area contributed by atoms with E-state index in [1.165, 1.54) is 16.3 Å². The van der Waals surface area contributed by atoms with Gasteiger partial charge in [0.05, 0.1) is 6.42 Å². The highest BCUT2D eigenvalue weighted by atomic mass is 16.5. The molecule has 2 unspecified atom stereocenters. The molecule has 2 heteroatoms. The molecule has 2 aliphatic rings. The van der Waals surface area contributed by atoms with Gasteiger partial charge in [0.2, 0.25) is 0 Å². The molecule has 0 N–H and O–H groups in total.